The first-order chi connectivity index (χ1) is 16.8. The van der Waals surface area contributed by atoms with Crippen LogP contribution in [0.15, 0.2) is 71.9 Å². The van der Waals surface area contributed by atoms with Crippen LogP contribution >= 0.6 is 22.9 Å². The maximum atomic E-state index is 13.6. The van der Waals surface area contributed by atoms with E-state index in [9.17, 15) is 13.2 Å². The Labute approximate surface area is 214 Å². The third-order valence-corrected chi connectivity index (χ3v) is 8.66. The van der Waals surface area contributed by atoms with Crippen LogP contribution in [0.5, 0.6) is 0 Å². The van der Waals surface area contributed by atoms with Gasteiger partial charge in [0.1, 0.15) is 0 Å². The molecule has 0 saturated heterocycles. The van der Waals surface area contributed by atoms with E-state index in [0.29, 0.717) is 22.3 Å². The highest BCUT2D eigenvalue weighted by Crippen LogP contribution is 2.32. The first kappa shape index (κ1) is 25.2. The average Bonchev–Trinajstić information content (AvgIpc) is 3.29. The van der Waals surface area contributed by atoms with Crippen LogP contribution in [0.4, 0.5) is 5.13 Å². The van der Waals surface area contributed by atoms with Gasteiger partial charge in [-0.1, -0.05) is 42.3 Å². The SMILES string of the molecule is CCCCN(C)S(=O)(=O)c1ccc(C(=O)N(Cc2cccnc2)c2nc3ccc(Cl)cc3s2)cc1. The fraction of sp³-hybridized carbons (Fsp3) is 0.240. The lowest BCUT2D eigenvalue weighted by Gasteiger charge is -2.20. The number of amides is 1. The van der Waals surface area contributed by atoms with Crippen molar-refractivity contribution in [1.29, 1.82) is 0 Å². The number of thiazole rings is 1. The second-order valence-corrected chi connectivity index (χ2v) is 11.6. The smallest absolute Gasteiger partial charge is 0.260 e. The number of benzene rings is 2. The molecule has 2 aromatic carbocycles. The highest BCUT2D eigenvalue weighted by Gasteiger charge is 2.24. The Morgan fingerprint density at radius 3 is 2.57 bits per heavy atom. The molecule has 4 rings (SSSR count). The summed E-state index contributed by atoms with van der Waals surface area (Å²) in [4.78, 5) is 24.1. The van der Waals surface area contributed by atoms with Crippen molar-refractivity contribution in [3.8, 4) is 0 Å². The van der Waals surface area contributed by atoms with E-state index in [1.165, 1.54) is 27.8 Å². The van der Waals surface area contributed by atoms with E-state index in [0.717, 1.165) is 28.6 Å². The number of hydrogen-bond acceptors (Lipinski definition) is 6. The van der Waals surface area contributed by atoms with Crippen molar-refractivity contribution < 1.29 is 13.2 Å². The van der Waals surface area contributed by atoms with Crippen molar-refractivity contribution in [1.82, 2.24) is 14.3 Å². The average molecular weight is 529 g/mol. The van der Waals surface area contributed by atoms with E-state index in [4.69, 9.17) is 11.6 Å². The summed E-state index contributed by atoms with van der Waals surface area (Å²) in [6.07, 6.45) is 5.05. The van der Waals surface area contributed by atoms with Crippen molar-refractivity contribution in [2.45, 2.75) is 31.2 Å². The minimum absolute atomic E-state index is 0.154. The third kappa shape index (κ3) is 5.70. The van der Waals surface area contributed by atoms with Crippen LogP contribution in [0.1, 0.15) is 35.7 Å². The van der Waals surface area contributed by atoms with Crippen molar-refractivity contribution in [3.05, 3.63) is 83.1 Å². The van der Waals surface area contributed by atoms with Gasteiger partial charge in [0, 0.05) is 36.6 Å². The fourth-order valence-electron chi connectivity index (χ4n) is 3.51. The largest absolute Gasteiger partial charge is 0.279 e. The quantitative estimate of drug-likeness (QED) is 0.282. The molecule has 0 aliphatic rings. The molecule has 0 spiro atoms. The first-order valence-corrected chi connectivity index (χ1v) is 13.8. The van der Waals surface area contributed by atoms with Gasteiger partial charge in [-0.05, 0) is 60.5 Å². The summed E-state index contributed by atoms with van der Waals surface area (Å²) in [5, 5.41) is 1.12. The minimum atomic E-state index is -3.62. The number of fused-ring (bicyclic) bond motifs is 1. The van der Waals surface area contributed by atoms with E-state index in [2.05, 4.69) is 9.97 Å². The Morgan fingerprint density at radius 2 is 1.89 bits per heavy atom. The molecular weight excluding hydrogens is 504 g/mol. The van der Waals surface area contributed by atoms with Crippen LogP contribution in [-0.2, 0) is 16.6 Å². The second-order valence-electron chi connectivity index (χ2n) is 8.07. The maximum Gasteiger partial charge on any atom is 0.260 e. The highest BCUT2D eigenvalue weighted by atomic mass is 35.5. The molecule has 0 radical (unpaired) electrons. The Morgan fingerprint density at radius 1 is 1.11 bits per heavy atom. The van der Waals surface area contributed by atoms with E-state index >= 15 is 0 Å². The Hall–Kier alpha value is -2.85. The lowest BCUT2D eigenvalue weighted by molar-refractivity contribution is 0.0985. The number of carbonyl (C=O) groups excluding carboxylic acids is 1. The third-order valence-electron chi connectivity index (χ3n) is 5.51. The zero-order valence-corrected chi connectivity index (χ0v) is 21.8. The predicted molar refractivity (Wildman–Crippen MR) is 141 cm³/mol. The number of rotatable bonds is 9. The number of carbonyl (C=O) groups is 1. The molecule has 0 fully saturated rings. The van der Waals surface area contributed by atoms with Crippen LogP contribution in [0.3, 0.4) is 0 Å². The van der Waals surface area contributed by atoms with E-state index in [1.54, 1.807) is 42.5 Å². The summed E-state index contributed by atoms with van der Waals surface area (Å²) < 4.78 is 27.9. The minimum Gasteiger partial charge on any atom is -0.279 e. The van der Waals surface area contributed by atoms with Gasteiger partial charge in [0.15, 0.2) is 5.13 Å². The van der Waals surface area contributed by atoms with Crippen LogP contribution in [0.2, 0.25) is 5.02 Å². The van der Waals surface area contributed by atoms with Gasteiger partial charge in [0.2, 0.25) is 10.0 Å². The number of hydrogen-bond donors (Lipinski definition) is 0. The molecule has 1 amide bonds. The molecular formula is C25H25ClN4O3S2. The molecule has 7 nitrogen and oxygen atoms in total. The number of sulfonamides is 1. The molecule has 4 aromatic rings. The summed E-state index contributed by atoms with van der Waals surface area (Å²) >= 11 is 7.50. The molecule has 2 heterocycles. The molecule has 0 saturated carbocycles. The number of anilines is 1. The molecule has 0 aliphatic carbocycles. The van der Waals surface area contributed by atoms with Gasteiger partial charge in [-0.3, -0.25) is 14.7 Å². The van der Waals surface area contributed by atoms with Gasteiger partial charge in [0.05, 0.1) is 21.7 Å². The summed E-state index contributed by atoms with van der Waals surface area (Å²) in [6, 6.07) is 15.1. The molecule has 0 N–H and O–H groups in total. The summed E-state index contributed by atoms with van der Waals surface area (Å²) in [7, 11) is -2.05. The predicted octanol–water partition coefficient (Wildman–Crippen LogP) is 5.61. The van der Waals surface area contributed by atoms with Crippen molar-refractivity contribution in [2.75, 3.05) is 18.5 Å². The Kier molecular flexibility index (Phi) is 7.81. The summed E-state index contributed by atoms with van der Waals surface area (Å²) in [5.74, 6) is -0.290. The van der Waals surface area contributed by atoms with Gasteiger partial charge in [0.25, 0.3) is 5.91 Å². The molecule has 0 aliphatic heterocycles. The van der Waals surface area contributed by atoms with Crippen molar-refractivity contribution in [3.63, 3.8) is 0 Å². The molecule has 0 bridgehead atoms. The van der Waals surface area contributed by atoms with Gasteiger partial charge in [-0.15, -0.1) is 0 Å². The topological polar surface area (TPSA) is 83.5 Å². The molecule has 0 unspecified atom stereocenters. The molecule has 35 heavy (non-hydrogen) atoms. The van der Waals surface area contributed by atoms with Crippen molar-refractivity contribution >= 4 is 54.2 Å². The van der Waals surface area contributed by atoms with Crippen LogP contribution in [0.25, 0.3) is 10.2 Å². The number of aromatic nitrogens is 2. The van der Waals surface area contributed by atoms with Gasteiger partial charge < -0.3 is 0 Å². The number of unbranched alkanes of at least 4 members (excludes halogenated alkanes) is 1. The standard InChI is InChI=1S/C25H25ClN4O3S2/c1-3-4-14-29(2)35(32,33)21-10-7-19(8-11-21)24(31)30(17-18-6-5-13-27-16-18)25-28-22-12-9-20(26)15-23(22)34-25/h5-13,15-16H,3-4,14,17H2,1-2H3. The molecule has 0 atom stereocenters. The molecule has 10 heteroatoms. The van der Waals surface area contributed by atoms with Gasteiger partial charge in [-0.2, -0.15) is 0 Å². The zero-order valence-electron chi connectivity index (χ0n) is 19.4. The first-order valence-electron chi connectivity index (χ1n) is 11.1. The number of nitrogens with zero attached hydrogens (tertiary/aromatic N) is 4. The van der Waals surface area contributed by atoms with Crippen LogP contribution in [0, 0.1) is 0 Å². The van der Waals surface area contributed by atoms with E-state index in [1.807, 2.05) is 31.2 Å². The van der Waals surface area contributed by atoms with Gasteiger partial charge in [-0.25, -0.2) is 17.7 Å². The zero-order chi connectivity index (χ0) is 25.0. The Balaban J connectivity index is 1.66. The Bertz CT molecular complexity index is 1420. The lowest BCUT2D eigenvalue weighted by Crippen LogP contribution is -2.30. The second kappa shape index (κ2) is 10.8. The fourth-order valence-corrected chi connectivity index (χ4v) is 5.96. The maximum absolute atomic E-state index is 13.6. The summed E-state index contributed by atoms with van der Waals surface area (Å²) in [6.45, 7) is 2.72. The van der Waals surface area contributed by atoms with Gasteiger partial charge >= 0.3 is 0 Å². The van der Waals surface area contributed by atoms with Crippen LogP contribution < -0.4 is 4.90 Å². The lowest BCUT2D eigenvalue weighted by atomic mass is 10.2. The number of pyridine rings is 1. The highest BCUT2D eigenvalue weighted by molar-refractivity contribution is 7.89. The summed E-state index contributed by atoms with van der Waals surface area (Å²) in [5.41, 5.74) is 1.95. The van der Waals surface area contributed by atoms with Crippen molar-refractivity contribution in [2.24, 2.45) is 0 Å². The molecule has 2 aromatic heterocycles. The van der Waals surface area contributed by atoms with E-state index in [-0.39, 0.29) is 17.3 Å². The van der Waals surface area contributed by atoms with E-state index < -0.39 is 10.0 Å². The molecule has 182 valence electrons. The van der Waals surface area contributed by atoms with Crippen LogP contribution in [-0.4, -0.2) is 42.2 Å². The normalized spacial score (nSPS) is 11.8. The monoisotopic (exact) mass is 528 g/mol. The number of halogens is 1.